The molecule has 0 saturated heterocycles. The topological polar surface area (TPSA) is 29.9 Å². The molecule has 0 radical (unpaired) electrons. The molecule has 2 aromatic rings. The maximum absolute atomic E-state index is 6.17. The fourth-order valence-corrected chi connectivity index (χ4v) is 2.67. The van der Waals surface area contributed by atoms with Crippen LogP contribution in [0.25, 0.3) is 0 Å². The van der Waals surface area contributed by atoms with Gasteiger partial charge >= 0.3 is 0 Å². The Labute approximate surface area is 136 Å². The molecule has 0 spiro atoms. The van der Waals surface area contributed by atoms with Gasteiger partial charge in [0.05, 0.1) is 21.8 Å². The molecule has 1 aromatic heterocycles. The molecule has 1 unspecified atom stereocenters. The van der Waals surface area contributed by atoms with E-state index in [2.05, 4.69) is 35.0 Å². The first kappa shape index (κ1) is 16.3. The van der Waals surface area contributed by atoms with Crippen LogP contribution < -0.4 is 5.32 Å². The quantitative estimate of drug-likeness (QED) is 0.800. The molecule has 114 valence electrons. The Hall–Kier alpha value is -1.03. The van der Waals surface area contributed by atoms with Gasteiger partial charge < -0.3 is 5.32 Å². The van der Waals surface area contributed by atoms with Gasteiger partial charge in [0.1, 0.15) is 0 Å². The average molecular weight is 326 g/mol. The number of benzene rings is 1. The van der Waals surface area contributed by atoms with Crippen LogP contribution in [0.15, 0.2) is 30.5 Å². The standard InChI is InChI=1S/C16H21Cl2N3/c1-3-8-19-16(12-5-6-13(17)14(18)11-12)15-7-9-20-21(15)10-4-2/h5-7,9,11,16,19H,3-4,8,10H2,1-2H3. The monoisotopic (exact) mass is 325 g/mol. The van der Waals surface area contributed by atoms with E-state index in [0.29, 0.717) is 10.0 Å². The van der Waals surface area contributed by atoms with E-state index >= 15 is 0 Å². The van der Waals surface area contributed by atoms with Crippen LogP contribution in [0.2, 0.25) is 10.0 Å². The van der Waals surface area contributed by atoms with Crippen molar-refractivity contribution in [1.29, 1.82) is 0 Å². The second kappa shape index (κ2) is 7.83. The smallest absolute Gasteiger partial charge is 0.0748 e. The number of halogens is 2. The predicted octanol–water partition coefficient (Wildman–Crippen LogP) is 4.69. The number of aryl methyl sites for hydroxylation is 1. The minimum absolute atomic E-state index is 0.0776. The lowest BCUT2D eigenvalue weighted by Gasteiger charge is -2.21. The Bertz CT molecular complexity index is 581. The zero-order valence-corrected chi connectivity index (χ0v) is 14.0. The molecular weight excluding hydrogens is 305 g/mol. The molecule has 1 heterocycles. The largest absolute Gasteiger partial charge is 0.305 e. The third-order valence-corrected chi connectivity index (χ3v) is 4.10. The molecule has 0 saturated carbocycles. The van der Waals surface area contributed by atoms with Crippen LogP contribution in [0, 0.1) is 0 Å². The summed E-state index contributed by atoms with van der Waals surface area (Å²) in [6.45, 7) is 6.15. The highest BCUT2D eigenvalue weighted by atomic mass is 35.5. The van der Waals surface area contributed by atoms with Crippen LogP contribution >= 0.6 is 23.2 Å². The summed E-state index contributed by atoms with van der Waals surface area (Å²) in [5.74, 6) is 0. The zero-order valence-electron chi connectivity index (χ0n) is 12.4. The Kier molecular flexibility index (Phi) is 6.09. The van der Waals surface area contributed by atoms with Gasteiger partial charge in [0, 0.05) is 12.7 Å². The Balaban J connectivity index is 2.37. The highest BCUT2D eigenvalue weighted by Crippen LogP contribution is 2.29. The number of rotatable bonds is 7. The summed E-state index contributed by atoms with van der Waals surface area (Å²) in [6.07, 6.45) is 3.97. The summed E-state index contributed by atoms with van der Waals surface area (Å²) in [4.78, 5) is 0. The van der Waals surface area contributed by atoms with Crippen LogP contribution in [0.4, 0.5) is 0 Å². The van der Waals surface area contributed by atoms with E-state index in [1.54, 1.807) is 0 Å². The number of hydrogen-bond donors (Lipinski definition) is 1. The van der Waals surface area contributed by atoms with Gasteiger partial charge in [-0.1, -0.05) is 43.1 Å². The molecule has 0 amide bonds. The molecule has 0 aliphatic carbocycles. The van der Waals surface area contributed by atoms with Crippen LogP contribution in [-0.2, 0) is 6.54 Å². The maximum Gasteiger partial charge on any atom is 0.0748 e. The summed E-state index contributed by atoms with van der Waals surface area (Å²) >= 11 is 12.2. The summed E-state index contributed by atoms with van der Waals surface area (Å²) < 4.78 is 2.05. The van der Waals surface area contributed by atoms with Gasteiger partial charge in [-0.2, -0.15) is 5.10 Å². The maximum atomic E-state index is 6.17. The van der Waals surface area contributed by atoms with Crippen molar-refractivity contribution >= 4 is 23.2 Å². The van der Waals surface area contributed by atoms with Gasteiger partial charge in [-0.15, -0.1) is 0 Å². The lowest BCUT2D eigenvalue weighted by molar-refractivity contribution is 0.511. The van der Waals surface area contributed by atoms with E-state index in [-0.39, 0.29) is 6.04 Å². The summed E-state index contributed by atoms with van der Waals surface area (Å²) in [5.41, 5.74) is 2.26. The van der Waals surface area contributed by atoms with Gasteiger partial charge in [0.25, 0.3) is 0 Å². The molecule has 0 bridgehead atoms. The molecule has 1 atom stereocenters. The summed E-state index contributed by atoms with van der Waals surface area (Å²) in [6, 6.07) is 7.94. The normalized spacial score (nSPS) is 12.6. The van der Waals surface area contributed by atoms with Crippen molar-refractivity contribution in [2.75, 3.05) is 6.54 Å². The molecule has 0 fully saturated rings. The van der Waals surface area contributed by atoms with Crippen molar-refractivity contribution in [3.63, 3.8) is 0 Å². The molecule has 1 aromatic carbocycles. The van der Waals surface area contributed by atoms with Crippen molar-refractivity contribution in [1.82, 2.24) is 15.1 Å². The van der Waals surface area contributed by atoms with E-state index in [1.165, 1.54) is 0 Å². The van der Waals surface area contributed by atoms with E-state index in [4.69, 9.17) is 23.2 Å². The zero-order chi connectivity index (χ0) is 15.2. The third-order valence-electron chi connectivity index (χ3n) is 3.36. The summed E-state index contributed by atoms with van der Waals surface area (Å²) in [5, 5.41) is 9.15. The minimum Gasteiger partial charge on any atom is -0.305 e. The van der Waals surface area contributed by atoms with E-state index in [0.717, 1.165) is 37.2 Å². The number of aromatic nitrogens is 2. The van der Waals surface area contributed by atoms with Crippen molar-refractivity contribution < 1.29 is 0 Å². The van der Waals surface area contributed by atoms with E-state index in [1.807, 2.05) is 24.4 Å². The Morgan fingerprint density at radius 1 is 1.14 bits per heavy atom. The second-order valence-electron chi connectivity index (χ2n) is 5.04. The molecule has 1 N–H and O–H groups in total. The first-order valence-corrected chi connectivity index (χ1v) is 8.13. The molecular formula is C16H21Cl2N3. The number of hydrogen-bond acceptors (Lipinski definition) is 2. The molecule has 2 rings (SSSR count). The molecule has 0 aliphatic heterocycles. The van der Waals surface area contributed by atoms with Gasteiger partial charge in [0.15, 0.2) is 0 Å². The summed E-state index contributed by atoms with van der Waals surface area (Å²) in [7, 11) is 0. The van der Waals surface area contributed by atoms with E-state index in [9.17, 15) is 0 Å². The fraction of sp³-hybridized carbons (Fsp3) is 0.438. The minimum atomic E-state index is 0.0776. The SMILES string of the molecule is CCCNC(c1ccc(Cl)c(Cl)c1)c1ccnn1CCC. The van der Waals surface area contributed by atoms with Crippen molar-refractivity contribution in [2.45, 2.75) is 39.3 Å². The third kappa shape index (κ3) is 4.00. The lowest BCUT2D eigenvalue weighted by atomic mass is 10.0. The Morgan fingerprint density at radius 3 is 2.62 bits per heavy atom. The van der Waals surface area contributed by atoms with Crippen LogP contribution in [-0.4, -0.2) is 16.3 Å². The second-order valence-corrected chi connectivity index (χ2v) is 5.85. The van der Waals surface area contributed by atoms with Gasteiger partial charge in [-0.25, -0.2) is 0 Å². The Morgan fingerprint density at radius 2 is 1.95 bits per heavy atom. The van der Waals surface area contributed by atoms with Crippen LogP contribution in [0.3, 0.4) is 0 Å². The van der Waals surface area contributed by atoms with E-state index < -0.39 is 0 Å². The van der Waals surface area contributed by atoms with Crippen LogP contribution in [0.5, 0.6) is 0 Å². The van der Waals surface area contributed by atoms with Crippen molar-refractivity contribution in [3.05, 3.63) is 51.8 Å². The van der Waals surface area contributed by atoms with Crippen LogP contribution in [0.1, 0.15) is 44.0 Å². The predicted molar refractivity (Wildman–Crippen MR) is 89.1 cm³/mol. The molecule has 0 aliphatic rings. The van der Waals surface area contributed by atoms with Crippen molar-refractivity contribution in [2.24, 2.45) is 0 Å². The number of nitrogens with one attached hydrogen (secondary N) is 1. The molecule has 5 heteroatoms. The van der Waals surface area contributed by atoms with Gasteiger partial charge in [-0.3, -0.25) is 4.68 Å². The van der Waals surface area contributed by atoms with Gasteiger partial charge in [0.2, 0.25) is 0 Å². The fourth-order valence-electron chi connectivity index (χ4n) is 2.36. The average Bonchev–Trinajstić information content (AvgIpc) is 2.92. The first-order chi connectivity index (χ1) is 10.2. The van der Waals surface area contributed by atoms with Crippen molar-refractivity contribution in [3.8, 4) is 0 Å². The van der Waals surface area contributed by atoms with Gasteiger partial charge in [-0.05, 0) is 43.1 Å². The molecule has 21 heavy (non-hydrogen) atoms. The highest BCUT2D eigenvalue weighted by Gasteiger charge is 2.18. The first-order valence-electron chi connectivity index (χ1n) is 7.37. The molecule has 3 nitrogen and oxygen atoms in total. The lowest BCUT2D eigenvalue weighted by Crippen LogP contribution is -2.26. The number of nitrogens with zero attached hydrogens (tertiary/aromatic N) is 2. The highest BCUT2D eigenvalue weighted by molar-refractivity contribution is 6.42.